The third-order valence-corrected chi connectivity index (χ3v) is 2.46. The van der Waals surface area contributed by atoms with Gasteiger partial charge in [-0.15, -0.1) is 11.8 Å². The molecule has 0 aliphatic carbocycles. The second-order valence-electron chi connectivity index (χ2n) is 5.92. The van der Waals surface area contributed by atoms with E-state index in [4.69, 9.17) is 11.6 Å². The summed E-state index contributed by atoms with van der Waals surface area (Å²) in [6.45, 7) is 9.24. The highest BCUT2D eigenvalue weighted by Crippen LogP contribution is 2.21. The summed E-state index contributed by atoms with van der Waals surface area (Å²) in [5.74, 6) is 11.9. The first-order valence-electron chi connectivity index (χ1n) is 6.72. The van der Waals surface area contributed by atoms with Gasteiger partial charge >= 0.3 is 0 Å². The fraction of sp³-hybridized carbons (Fsp3) is 0.733. The van der Waals surface area contributed by atoms with Crippen molar-refractivity contribution >= 4 is 0 Å². The van der Waals surface area contributed by atoms with Crippen LogP contribution in [0.2, 0.25) is 0 Å². The number of allylic oxidation sites excluding steroid dienone is 1. The zero-order valence-electron chi connectivity index (χ0n) is 12.4. The van der Waals surface area contributed by atoms with Gasteiger partial charge in [-0.05, 0) is 31.6 Å². The average Bonchev–Trinajstić information content (AvgIpc) is 2.20. The molecule has 104 valence electrons. The second-order valence-corrected chi connectivity index (χ2v) is 5.92. The van der Waals surface area contributed by atoms with Crippen LogP contribution in [0.4, 0.5) is 0 Å². The van der Waals surface area contributed by atoms with Crippen LogP contribution in [0.15, 0.2) is 11.9 Å². The van der Waals surface area contributed by atoms with Crippen molar-refractivity contribution < 1.29 is 0 Å². The first kappa shape index (κ1) is 16.9. The normalized spacial score (nSPS) is 11.9. The van der Waals surface area contributed by atoms with Crippen LogP contribution in [0.5, 0.6) is 0 Å². The molecule has 0 aliphatic heterocycles. The van der Waals surface area contributed by atoms with Gasteiger partial charge in [0.15, 0.2) is 0 Å². The van der Waals surface area contributed by atoms with E-state index in [-0.39, 0.29) is 5.41 Å². The number of hydrogen-bond acceptors (Lipinski definition) is 3. The molecule has 0 heterocycles. The lowest BCUT2D eigenvalue weighted by Crippen LogP contribution is -2.28. The van der Waals surface area contributed by atoms with Crippen molar-refractivity contribution in [2.75, 3.05) is 6.54 Å². The molecule has 4 N–H and O–H groups in total. The minimum atomic E-state index is 0.209. The van der Waals surface area contributed by atoms with Crippen LogP contribution in [-0.4, -0.2) is 11.6 Å². The van der Waals surface area contributed by atoms with Gasteiger partial charge in [0.2, 0.25) is 0 Å². The smallest absolute Gasteiger partial charge is 0.0343 e. The lowest BCUT2D eigenvalue weighted by atomic mass is 9.91. The molecule has 0 amide bonds. The average molecular weight is 251 g/mol. The summed E-state index contributed by atoms with van der Waals surface area (Å²) in [5, 5.41) is 1.70. The van der Waals surface area contributed by atoms with Gasteiger partial charge in [0.25, 0.3) is 0 Å². The first-order chi connectivity index (χ1) is 8.35. The molecule has 0 saturated carbocycles. The van der Waals surface area contributed by atoms with Crippen molar-refractivity contribution in [1.29, 1.82) is 0 Å². The molecule has 0 saturated heterocycles. The van der Waals surface area contributed by atoms with Gasteiger partial charge in [-0.3, -0.25) is 0 Å². The van der Waals surface area contributed by atoms with Crippen molar-refractivity contribution in [1.82, 2.24) is 5.01 Å². The van der Waals surface area contributed by atoms with Crippen LogP contribution >= 0.6 is 0 Å². The Labute approximate surface area is 113 Å². The van der Waals surface area contributed by atoms with E-state index in [2.05, 4.69) is 32.6 Å². The summed E-state index contributed by atoms with van der Waals surface area (Å²) in [6, 6.07) is 0. The van der Waals surface area contributed by atoms with E-state index in [0.717, 1.165) is 44.3 Å². The Morgan fingerprint density at radius 1 is 1.22 bits per heavy atom. The number of rotatable bonds is 7. The Morgan fingerprint density at radius 2 is 1.89 bits per heavy atom. The molecule has 18 heavy (non-hydrogen) atoms. The van der Waals surface area contributed by atoms with Crippen molar-refractivity contribution in [2.45, 2.75) is 59.8 Å². The molecule has 0 atom stereocenters. The van der Waals surface area contributed by atoms with Crippen LogP contribution in [-0.2, 0) is 0 Å². The minimum Gasteiger partial charge on any atom is -0.401 e. The van der Waals surface area contributed by atoms with E-state index in [1.807, 2.05) is 13.1 Å². The van der Waals surface area contributed by atoms with Gasteiger partial charge in [-0.25, -0.2) is 5.84 Å². The molecule has 0 aromatic heterocycles. The molecule has 0 rings (SSSR count). The van der Waals surface area contributed by atoms with Crippen LogP contribution in [0.3, 0.4) is 0 Å². The number of hydrazine groups is 1. The minimum absolute atomic E-state index is 0.209. The van der Waals surface area contributed by atoms with Gasteiger partial charge < -0.3 is 10.7 Å². The fourth-order valence-corrected chi connectivity index (χ4v) is 1.75. The third kappa shape index (κ3) is 11.3. The Kier molecular flexibility index (Phi) is 8.32. The topological polar surface area (TPSA) is 55.3 Å². The third-order valence-electron chi connectivity index (χ3n) is 2.46. The molecular formula is C15H29N3. The maximum Gasteiger partial charge on any atom is 0.0343 e. The molecule has 3 nitrogen and oxygen atoms in total. The number of hydrogen-bond donors (Lipinski definition) is 2. The van der Waals surface area contributed by atoms with Crippen molar-refractivity contribution in [3.8, 4) is 11.8 Å². The van der Waals surface area contributed by atoms with Crippen LogP contribution in [0, 0.1) is 17.3 Å². The summed E-state index contributed by atoms with van der Waals surface area (Å²) in [5.41, 5.74) is 7.01. The Morgan fingerprint density at radius 3 is 2.44 bits per heavy atom. The van der Waals surface area contributed by atoms with E-state index in [1.54, 1.807) is 5.01 Å². The molecule has 0 radical (unpaired) electrons. The van der Waals surface area contributed by atoms with E-state index in [0.29, 0.717) is 0 Å². The van der Waals surface area contributed by atoms with Crippen LogP contribution in [0.1, 0.15) is 59.8 Å². The lowest BCUT2D eigenvalue weighted by Gasteiger charge is -2.20. The molecule has 0 aromatic carbocycles. The van der Waals surface area contributed by atoms with Gasteiger partial charge in [0.05, 0.1) is 0 Å². The predicted octanol–water partition coefficient (Wildman–Crippen LogP) is 2.98. The van der Waals surface area contributed by atoms with E-state index < -0.39 is 0 Å². The molecule has 0 bridgehead atoms. The lowest BCUT2D eigenvalue weighted by molar-refractivity contribution is 0.362. The molecule has 3 heteroatoms. The highest BCUT2D eigenvalue weighted by molar-refractivity contribution is 4.98. The standard InChI is InChI=1S/C15H29N3/c1-5-6-7-8-9-10-11-18(17)13-14(16)12-15(2,3)4/h13H,7-12,16-17H2,1-4H3/b14-13-. The second kappa shape index (κ2) is 8.88. The van der Waals surface area contributed by atoms with Crippen molar-refractivity contribution in [3.05, 3.63) is 11.9 Å². The number of nitrogens with two attached hydrogens (primary N) is 2. The fourth-order valence-electron chi connectivity index (χ4n) is 1.75. The maximum absolute atomic E-state index is 5.95. The highest BCUT2D eigenvalue weighted by atomic mass is 15.4. The van der Waals surface area contributed by atoms with E-state index >= 15 is 0 Å². The monoisotopic (exact) mass is 251 g/mol. The van der Waals surface area contributed by atoms with Gasteiger partial charge in [0.1, 0.15) is 0 Å². The summed E-state index contributed by atoms with van der Waals surface area (Å²) in [7, 11) is 0. The van der Waals surface area contributed by atoms with Crippen molar-refractivity contribution in [3.63, 3.8) is 0 Å². The van der Waals surface area contributed by atoms with Gasteiger partial charge in [-0.2, -0.15) is 0 Å². The Bertz CT molecular complexity index is 302. The zero-order valence-corrected chi connectivity index (χ0v) is 12.4. The predicted molar refractivity (Wildman–Crippen MR) is 79.2 cm³/mol. The molecule has 0 aliphatic rings. The van der Waals surface area contributed by atoms with Crippen molar-refractivity contribution in [2.24, 2.45) is 17.0 Å². The van der Waals surface area contributed by atoms with Gasteiger partial charge in [-0.1, -0.05) is 27.2 Å². The van der Waals surface area contributed by atoms with Gasteiger partial charge in [0, 0.05) is 24.9 Å². The quantitative estimate of drug-likeness (QED) is 0.316. The molecule has 0 spiro atoms. The summed E-state index contributed by atoms with van der Waals surface area (Å²) < 4.78 is 0. The van der Waals surface area contributed by atoms with E-state index in [1.165, 1.54) is 0 Å². The zero-order chi connectivity index (χ0) is 14.0. The molecular weight excluding hydrogens is 222 g/mol. The maximum atomic E-state index is 5.95. The highest BCUT2D eigenvalue weighted by Gasteiger charge is 2.11. The Hall–Kier alpha value is -1.14. The first-order valence-corrected chi connectivity index (χ1v) is 6.72. The van der Waals surface area contributed by atoms with Crippen LogP contribution in [0.25, 0.3) is 0 Å². The summed E-state index contributed by atoms with van der Waals surface area (Å²) in [4.78, 5) is 0. The van der Waals surface area contributed by atoms with Crippen LogP contribution < -0.4 is 11.6 Å². The molecule has 0 aromatic rings. The molecule has 0 unspecified atom stereocenters. The van der Waals surface area contributed by atoms with E-state index in [9.17, 15) is 0 Å². The number of nitrogens with zero attached hydrogens (tertiary/aromatic N) is 1. The number of unbranched alkanes of at least 4 members (excludes halogenated alkanes) is 3. The SMILES string of the molecule is CC#CCCCCCN(N)/C=C(\N)CC(C)(C)C. The summed E-state index contributed by atoms with van der Waals surface area (Å²) in [6.07, 6.45) is 7.11. The summed E-state index contributed by atoms with van der Waals surface area (Å²) >= 11 is 0. The Balaban J connectivity index is 3.77. The largest absolute Gasteiger partial charge is 0.401 e. The molecule has 0 fully saturated rings.